The largest absolute Gasteiger partial charge is 0.336 e. The second kappa shape index (κ2) is 4.88. The summed E-state index contributed by atoms with van der Waals surface area (Å²) < 4.78 is 26.0. The van der Waals surface area contributed by atoms with Gasteiger partial charge in [0.2, 0.25) is 5.91 Å². The molecule has 4 heteroatoms. The molecule has 0 radical (unpaired) electrons. The van der Waals surface area contributed by atoms with E-state index in [1.165, 1.54) is 4.90 Å². The molecule has 96 valence electrons. The minimum absolute atomic E-state index is 0.146. The van der Waals surface area contributed by atoms with Crippen LogP contribution in [-0.2, 0) is 11.2 Å². The standard InChI is InChI=1S/C14H15F2NO/c1-2-11-4-3-5-12(8-11)9-13(18)17-7-6-14(15,16)10-17/h2-5,8H,1,6-7,9-10H2. The zero-order chi connectivity index (χ0) is 13.2. The summed E-state index contributed by atoms with van der Waals surface area (Å²) in [5, 5.41) is 0. The van der Waals surface area contributed by atoms with Crippen LogP contribution in [-0.4, -0.2) is 29.8 Å². The summed E-state index contributed by atoms with van der Waals surface area (Å²) in [4.78, 5) is 13.1. The third-order valence-electron chi connectivity index (χ3n) is 3.06. The maximum absolute atomic E-state index is 13.0. The fourth-order valence-corrected chi connectivity index (χ4v) is 2.07. The quantitative estimate of drug-likeness (QED) is 0.809. The van der Waals surface area contributed by atoms with Crippen molar-refractivity contribution in [1.82, 2.24) is 4.90 Å². The first-order valence-corrected chi connectivity index (χ1v) is 5.87. The Kier molecular flexibility index (Phi) is 3.45. The van der Waals surface area contributed by atoms with Crippen LogP contribution < -0.4 is 0 Å². The van der Waals surface area contributed by atoms with Gasteiger partial charge in [0.25, 0.3) is 5.92 Å². The first-order chi connectivity index (χ1) is 8.50. The molecule has 0 N–H and O–H groups in total. The Morgan fingerprint density at radius 3 is 2.89 bits per heavy atom. The Morgan fingerprint density at radius 1 is 1.50 bits per heavy atom. The first-order valence-electron chi connectivity index (χ1n) is 5.87. The molecule has 18 heavy (non-hydrogen) atoms. The zero-order valence-electron chi connectivity index (χ0n) is 10.0. The van der Waals surface area contributed by atoms with Gasteiger partial charge in [-0.05, 0) is 11.1 Å². The summed E-state index contributed by atoms with van der Waals surface area (Å²) in [6, 6.07) is 7.38. The molecule has 0 saturated carbocycles. The van der Waals surface area contributed by atoms with Crippen LogP contribution in [0.3, 0.4) is 0 Å². The fraction of sp³-hybridized carbons (Fsp3) is 0.357. The van der Waals surface area contributed by atoms with Crippen molar-refractivity contribution in [2.75, 3.05) is 13.1 Å². The number of likely N-dealkylation sites (tertiary alicyclic amines) is 1. The molecule has 0 spiro atoms. The van der Waals surface area contributed by atoms with Crippen molar-refractivity contribution in [3.8, 4) is 0 Å². The van der Waals surface area contributed by atoms with Gasteiger partial charge in [-0.2, -0.15) is 0 Å². The first kappa shape index (κ1) is 12.7. The lowest BCUT2D eigenvalue weighted by Crippen LogP contribution is -2.32. The molecular weight excluding hydrogens is 236 g/mol. The van der Waals surface area contributed by atoms with E-state index < -0.39 is 12.5 Å². The van der Waals surface area contributed by atoms with Crippen molar-refractivity contribution in [1.29, 1.82) is 0 Å². The predicted molar refractivity (Wildman–Crippen MR) is 66.4 cm³/mol. The minimum atomic E-state index is -2.72. The molecule has 0 atom stereocenters. The smallest absolute Gasteiger partial charge is 0.267 e. The van der Waals surface area contributed by atoms with Crippen molar-refractivity contribution >= 4 is 12.0 Å². The third-order valence-corrected chi connectivity index (χ3v) is 3.06. The van der Waals surface area contributed by atoms with Gasteiger partial charge in [-0.25, -0.2) is 8.78 Å². The van der Waals surface area contributed by atoms with Crippen molar-refractivity contribution in [3.63, 3.8) is 0 Å². The summed E-state index contributed by atoms with van der Waals surface area (Å²) in [6.07, 6.45) is 1.63. The maximum Gasteiger partial charge on any atom is 0.267 e. The second-order valence-electron chi connectivity index (χ2n) is 4.55. The summed E-state index contributed by atoms with van der Waals surface area (Å²) in [5.41, 5.74) is 1.75. The Morgan fingerprint density at radius 2 is 2.28 bits per heavy atom. The molecule has 1 amide bonds. The zero-order valence-corrected chi connectivity index (χ0v) is 10.0. The van der Waals surface area contributed by atoms with E-state index in [2.05, 4.69) is 6.58 Å². The van der Waals surface area contributed by atoms with Crippen molar-refractivity contribution in [2.45, 2.75) is 18.8 Å². The average Bonchev–Trinajstić information content (AvgIpc) is 2.70. The SMILES string of the molecule is C=Cc1cccc(CC(=O)N2CCC(F)(F)C2)c1. The van der Waals surface area contributed by atoms with Gasteiger partial charge in [0.15, 0.2) is 0 Å². The van der Waals surface area contributed by atoms with Crippen LogP contribution in [0, 0.1) is 0 Å². The molecule has 2 rings (SSSR count). The van der Waals surface area contributed by atoms with Crippen LogP contribution in [0.1, 0.15) is 17.5 Å². The molecule has 1 aliphatic heterocycles. The predicted octanol–water partition coefficient (Wildman–Crippen LogP) is 2.74. The van der Waals surface area contributed by atoms with Gasteiger partial charge in [-0.15, -0.1) is 0 Å². The highest BCUT2D eigenvalue weighted by atomic mass is 19.3. The molecule has 0 aliphatic carbocycles. The number of benzene rings is 1. The number of carbonyl (C=O) groups is 1. The van der Waals surface area contributed by atoms with Crippen molar-refractivity contribution in [2.24, 2.45) is 0 Å². The molecule has 1 aromatic rings. The van der Waals surface area contributed by atoms with E-state index in [-0.39, 0.29) is 25.3 Å². The average molecular weight is 251 g/mol. The van der Waals surface area contributed by atoms with Gasteiger partial charge < -0.3 is 4.90 Å². The summed E-state index contributed by atoms with van der Waals surface area (Å²) in [7, 11) is 0. The van der Waals surface area contributed by atoms with Gasteiger partial charge in [0.05, 0.1) is 13.0 Å². The Balaban J connectivity index is 2.01. The lowest BCUT2D eigenvalue weighted by molar-refractivity contribution is -0.130. The fourth-order valence-electron chi connectivity index (χ4n) is 2.07. The highest BCUT2D eigenvalue weighted by Crippen LogP contribution is 2.27. The molecule has 1 saturated heterocycles. The van der Waals surface area contributed by atoms with Crippen LogP contribution in [0.25, 0.3) is 6.08 Å². The van der Waals surface area contributed by atoms with Crippen LogP contribution in [0.2, 0.25) is 0 Å². The van der Waals surface area contributed by atoms with Gasteiger partial charge >= 0.3 is 0 Å². The number of carbonyl (C=O) groups excluding carboxylic acids is 1. The number of halogens is 2. The van der Waals surface area contributed by atoms with Gasteiger partial charge in [0.1, 0.15) is 0 Å². The maximum atomic E-state index is 13.0. The molecule has 0 aromatic heterocycles. The lowest BCUT2D eigenvalue weighted by atomic mass is 10.1. The van der Waals surface area contributed by atoms with Crippen LogP contribution in [0.4, 0.5) is 8.78 Å². The van der Waals surface area contributed by atoms with Crippen molar-refractivity contribution < 1.29 is 13.6 Å². The van der Waals surface area contributed by atoms with Crippen LogP contribution >= 0.6 is 0 Å². The number of alkyl halides is 2. The van der Waals surface area contributed by atoms with Gasteiger partial charge in [0, 0.05) is 13.0 Å². The number of amides is 1. The number of hydrogen-bond acceptors (Lipinski definition) is 1. The molecule has 1 aromatic carbocycles. The Bertz CT molecular complexity index is 471. The Labute approximate surface area is 105 Å². The monoisotopic (exact) mass is 251 g/mol. The van der Waals surface area contributed by atoms with Crippen LogP contribution in [0.5, 0.6) is 0 Å². The topological polar surface area (TPSA) is 20.3 Å². The summed E-state index contributed by atoms with van der Waals surface area (Å²) >= 11 is 0. The molecule has 2 nitrogen and oxygen atoms in total. The molecular formula is C14H15F2NO. The third kappa shape index (κ3) is 2.94. The summed E-state index contributed by atoms with van der Waals surface area (Å²) in [6.45, 7) is 3.35. The Hall–Kier alpha value is -1.71. The van der Waals surface area contributed by atoms with E-state index in [1.54, 1.807) is 6.08 Å². The molecule has 1 aliphatic rings. The lowest BCUT2D eigenvalue weighted by Gasteiger charge is -2.16. The van der Waals surface area contributed by atoms with Crippen LogP contribution in [0.15, 0.2) is 30.8 Å². The van der Waals surface area contributed by atoms with Gasteiger partial charge in [-0.1, -0.05) is 36.9 Å². The van der Waals surface area contributed by atoms with E-state index in [0.717, 1.165) is 11.1 Å². The molecule has 1 heterocycles. The molecule has 0 bridgehead atoms. The van der Waals surface area contributed by atoms with E-state index in [1.807, 2.05) is 24.3 Å². The van der Waals surface area contributed by atoms with E-state index in [4.69, 9.17) is 0 Å². The second-order valence-corrected chi connectivity index (χ2v) is 4.55. The van der Waals surface area contributed by atoms with E-state index in [0.29, 0.717) is 0 Å². The van der Waals surface area contributed by atoms with E-state index >= 15 is 0 Å². The number of rotatable bonds is 3. The number of hydrogen-bond donors (Lipinski definition) is 0. The van der Waals surface area contributed by atoms with E-state index in [9.17, 15) is 13.6 Å². The summed E-state index contributed by atoms with van der Waals surface area (Å²) in [5.74, 6) is -2.97. The normalized spacial score (nSPS) is 17.8. The molecule has 1 fully saturated rings. The van der Waals surface area contributed by atoms with Crippen molar-refractivity contribution in [3.05, 3.63) is 42.0 Å². The molecule has 0 unspecified atom stereocenters. The number of nitrogens with zero attached hydrogens (tertiary/aromatic N) is 1. The minimum Gasteiger partial charge on any atom is -0.336 e. The van der Waals surface area contributed by atoms with Gasteiger partial charge in [-0.3, -0.25) is 4.79 Å². The highest BCUT2D eigenvalue weighted by Gasteiger charge is 2.39. The highest BCUT2D eigenvalue weighted by molar-refractivity contribution is 5.79.